The summed E-state index contributed by atoms with van der Waals surface area (Å²) in [6, 6.07) is 16.2. The van der Waals surface area contributed by atoms with E-state index in [2.05, 4.69) is 42.3 Å². The molecule has 4 nitrogen and oxygen atoms in total. The second-order valence-corrected chi connectivity index (χ2v) is 6.03. The third-order valence-corrected chi connectivity index (χ3v) is 4.60. The normalized spacial score (nSPS) is 13.3. The lowest BCUT2D eigenvalue weighted by Gasteiger charge is -2.29. The third kappa shape index (κ3) is 3.37. The van der Waals surface area contributed by atoms with Crippen LogP contribution in [-0.4, -0.2) is 25.7 Å². The fourth-order valence-electron chi connectivity index (χ4n) is 3.28. The zero-order valence-corrected chi connectivity index (χ0v) is 14.5. The quantitative estimate of drug-likeness (QED) is 0.898. The number of benzene rings is 2. The van der Waals surface area contributed by atoms with Crippen molar-refractivity contribution in [1.29, 1.82) is 0 Å². The summed E-state index contributed by atoms with van der Waals surface area (Å²) >= 11 is 0. The van der Waals surface area contributed by atoms with Crippen LogP contribution < -0.4 is 15.1 Å². The molecule has 2 aromatic rings. The molecule has 0 aromatic heterocycles. The van der Waals surface area contributed by atoms with Crippen molar-refractivity contribution in [2.45, 2.75) is 26.7 Å². The van der Waals surface area contributed by atoms with Crippen LogP contribution in [0.15, 0.2) is 48.5 Å². The highest BCUT2D eigenvalue weighted by Gasteiger charge is 2.22. The van der Waals surface area contributed by atoms with Crippen LogP contribution in [0.5, 0.6) is 0 Å². The number of hydrogen-bond acceptors (Lipinski definition) is 2. The summed E-state index contributed by atoms with van der Waals surface area (Å²) in [6.07, 6.45) is 2.05. The Morgan fingerprint density at radius 2 is 1.79 bits per heavy atom. The minimum atomic E-state index is -0.0576. The summed E-state index contributed by atoms with van der Waals surface area (Å²) in [6.45, 7) is 7.01. The molecule has 0 atom stereocenters. The number of nitrogens with one attached hydrogen (secondary N) is 1. The average Bonchev–Trinajstić information content (AvgIpc) is 2.63. The predicted octanol–water partition coefficient (Wildman–Crippen LogP) is 4.52. The van der Waals surface area contributed by atoms with Crippen LogP contribution in [0.1, 0.15) is 25.8 Å². The zero-order chi connectivity index (χ0) is 16.9. The predicted molar refractivity (Wildman–Crippen MR) is 101 cm³/mol. The second kappa shape index (κ2) is 7.39. The number of para-hydroxylation sites is 1. The van der Waals surface area contributed by atoms with E-state index in [4.69, 9.17) is 0 Å². The molecule has 1 N–H and O–H groups in total. The van der Waals surface area contributed by atoms with Crippen LogP contribution in [0.2, 0.25) is 0 Å². The smallest absolute Gasteiger partial charge is 0.326 e. The molecular weight excluding hydrogens is 298 g/mol. The Morgan fingerprint density at radius 1 is 1.08 bits per heavy atom. The number of aryl methyl sites for hydroxylation is 1. The molecule has 0 spiro atoms. The van der Waals surface area contributed by atoms with Gasteiger partial charge in [0.2, 0.25) is 0 Å². The number of urea groups is 1. The van der Waals surface area contributed by atoms with E-state index in [1.54, 1.807) is 0 Å². The number of hydrogen-bond donors (Lipinski definition) is 1. The van der Waals surface area contributed by atoms with Crippen molar-refractivity contribution in [3.63, 3.8) is 0 Å². The van der Waals surface area contributed by atoms with Crippen molar-refractivity contribution >= 4 is 23.1 Å². The first-order valence-corrected chi connectivity index (χ1v) is 8.74. The number of anilines is 3. The van der Waals surface area contributed by atoms with Gasteiger partial charge in [-0.25, -0.2) is 4.79 Å². The Labute approximate surface area is 144 Å². The van der Waals surface area contributed by atoms with Gasteiger partial charge < -0.3 is 10.2 Å². The lowest BCUT2D eigenvalue weighted by Crippen LogP contribution is -2.38. The number of amides is 2. The molecule has 0 saturated carbocycles. The Bertz CT molecular complexity index is 692. The fraction of sp³-hybridized carbons (Fsp3) is 0.350. The standard InChI is InChI=1S/C20H25N3O/c1-3-22(4-2)18-13-11-17(12-14-18)21-20(24)23-15-7-9-16-8-5-6-10-19(16)23/h5-6,8,10-14H,3-4,7,9,15H2,1-2H3,(H,21,24). The molecule has 0 fully saturated rings. The molecule has 126 valence electrons. The van der Waals surface area contributed by atoms with Crippen LogP contribution in [0, 0.1) is 0 Å². The molecule has 0 saturated heterocycles. The zero-order valence-electron chi connectivity index (χ0n) is 14.5. The Hall–Kier alpha value is -2.49. The largest absolute Gasteiger partial charge is 0.372 e. The molecule has 0 radical (unpaired) electrons. The van der Waals surface area contributed by atoms with E-state index < -0.39 is 0 Å². The van der Waals surface area contributed by atoms with E-state index in [9.17, 15) is 4.79 Å². The number of carbonyl (C=O) groups excluding carboxylic acids is 1. The van der Waals surface area contributed by atoms with Gasteiger partial charge in [-0.15, -0.1) is 0 Å². The van der Waals surface area contributed by atoms with Gasteiger partial charge in [0.05, 0.1) is 0 Å². The number of carbonyl (C=O) groups is 1. The van der Waals surface area contributed by atoms with Gasteiger partial charge in [-0.3, -0.25) is 4.90 Å². The van der Waals surface area contributed by atoms with Crippen LogP contribution in [0.4, 0.5) is 21.9 Å². The molecule has 2 aromatic carbocycles. The Kier molecular flexibility index (Phi) is 5.04. The van der Waals surface area contributed by atoms with Crippen LogP contribution in [0.3, 0.4) is 0 Å². The van der Waals surface area contributed by atoms with Crippen molar-refractivity contribution in [3.8, 4) is 0 Å². The Balaban J connectivity index is 1.72. The van der Waals surface area contributed by atoms with E-state index in [-0.39, 0.29) is 6.03 Å². The van der Waals surface area contributed by atoms with Crippen LogP contribution in [-0.2, 0) is 6.42 Å². The Morgan fingerprint density at radius 3 is 2.50 bits per heavy atom. The van der Waals surface area contributed by atoms with Crippen molar-refractivity contribution in [1.82, 2.24) is 0 Å². The van der Waals surface area contributed by atoms with E-state index in [0.29, 0.717) is 0 Å². The molecule has 1 aliphatic rings. The molecular formula is C20H25N3O. The van der Waals surface area contributed by atoms with Gasteiger partial charge in [0.15, 0.2) is 0 Å². The maximum atomic E-state index is 12.7. The fourth-order valence-corrected chi connectivity index (χ4v) is 3.28. The molecule has 0 aliphatic carbocycles. The summed E-state index contributed by atoms with van der Waals surface area (Å²) < 4.78 is 0. The summed E-state index contributed by atoms with van der Waals surface area (Å²) in [5, 5.41) is 3.02. The molecule has 24 heavy (non-hydrogen) atoms. The monoisotopic (exact) mass is 323 g/mol. The number of fused-ring (bicyclic) bond motifs is 1. The van der Waals surface area contributed by atoms with E-state index >= 15 is 0 Å². The first-order valence-electron chi connectivity index (χ1n) is 8.74. The summed E-state index contributed by atoms with van der Waals surface area (Å²) in [5.74, 6) is 0. The first kappa shape index (κ1) is 16.4. The molecule has 0 bridgehead atoms. The number of rotatable bonds is 4. The third-order valence-electron chi connectivity index (χ3n) is 4.60. The molecule has 4 heteroatoms. The second-order valence-electron chi connectivity index (χ2n) is 6.03. The summed E-state index contributed by atoms with van der Waals surface area (Å²) in [5.41, 5.74) is 4.29. The first-order chi connectivity index (χ1) is 11.7. The van der Waals surface area contributed by atoms with E-state index in [0.717, 1.165) is 43.9 Å². The van der Waals surface area contributed by atoms with Gasteiger partial charge >= 0.3 is 6.03 Å². The van der Waals surface area contributed by atoms with Crippen molar-refractivity contribution in [3.05, 3.63) is 54.1 Å². The highest BCUT2D eigenvalue weighted by molar-refractivity contribution is 6.02. The highest BCUT2D eigenvalue weighted by atomic mass is 16.2. The van der Waals surface area contributed by atoms with E-state index in [1.165, 1.54) is 11.3 Å². The average molecular weight is 323 g/mol. The summed E-state index contributed by atoms with van der Waals surface area (Å²) in [7, 11) is 0. The number of nitrogens with zero attached hydrogens (tertiary/aromatic N) is 2. The van der Waals surface area contributed by atoms with Crippen molar-refractivity contribution < 1.29 is 4.79 Å². The van der Waals surface area contributed by atoms with Gasteiger partial charge in [-0.1, -0.05) is 18.2 Å². The molecule has 2 amide bonds. The minimum Gasteiger partial charge on any atom is -0.372 e. The van der Waals surface area contributed by atoms with Crippen molar-refractivity contribution in [2.24, 2.45) is 0 Å². The molecule has 0 unspecified atom stereocenters. The lowest BCUT2D eigenvalue weighted by atomic mass is 10.0. The van der Waals surface area contributed by atoms with Crippen LogP contribution >= 0.6 is 0 Å². The van der Waals surface area contributed by atoms with Gasteiger partial charge in [-0.2, -0.15) is 0 Å². The van der Waals surface area contributed by atoms with Crippen LogP contribution in [0.25, 0.3) is 0 Å². The minimum absolute atomic E-state index is 0.0576. The van der Waals surface area contributed by atoms with E-state index in [1.807, 2.05) is 35.2 Å². The van der Waals surface area contributed by atoms with Crippen molar-refractivity contribution in [2.75, 3.05) is 34.8 Å². The van der Waals surface area contributed by atoms with Gasteiger partial charge in [0.25, 0.3) is 0 Å². The maximum absolute atomic E-state index is 12.7. The SMILES string of the molecule is CCN(CC)c1ccc(NC(=O)N2CCCc3ccccc32)cc1. The summed E-state index contributed by atoms with van der Waals surface area (Å²) in [4.78, 5) is 16.8. The van der Waals surface area contributed by atoms with Gasteiger partial charge in [0, 0.05) is 36.7 Å². The maximum Gasteiger partial charge on any atom is 0.326 e. The highest BCUT2D eigenvalue weighted by Crippen LogP contribution is 2.27. The van der Waals surface area contributed by atoms with Gasteiger partial charge in [0.1, 0.15) is 0 Å². The topological polar surface area (TPSA) is 35.6 Å². The molecule has 3 rings (SSSR count). The molecule has 1 aliphatic heterocycles. The molecule has 1 heterocycles. The van der Waals surface area contributed by atoms with Gasteiger partial charge in [-0.05, 0) is 62.6 Å². The lowest BCUT2D eigenvalue weighted by molar-refractivity contribution is 0.256.